The number of fused-ring (bicyclic) bond motifs is 1. The third-order valence-corrected chi connectivity index (χ3v) is 5.31. The summed E-state index contributed by atoms with van der Waals surface area (Å²) in [6.07, 6.45) is 5.58. The standard InChI is InChI=1S/C22H26N2O2S/c1-3-5-7-16-8-13-19-20(15-16)27-22(23-19)24-21(25)17-9-11-18(12-10-17)26-14-6-4-2/h8-13,15H,3-7,14H2,1-2H3,(H,23,24,25). The average Bonchev–Trinajstić information content (AvgIpc) is 3.08. The summed E-state index contributed by atoms with van der Waals surface area (Å²) in [7, 11) is 0. The minimum Gasteiger partial charge on any atom is -0.494 e. The Morgan fingerprint density at radius 1 is 1.07 bits per heavy atom. The van der Waals surface area contributed by atoms with Crippen molar-refractivity contribution in [2.24, 2.45) is 0 Å². The van der Waals surface area contributed by atoms with Gasteiger partial charge in [0.05, 0.1) is 16.8 Å². The second-order valence-electron chi connectivity index (χ2n) is 6.61. The molecule has 0 aliphatic heterocycles. The number of nitrogens with zero attached hydrogens (tertiary/aromatic N) is 1. The molecule has 0 aliphatic rings. The maximum atomic E-state index is 12.5. The van der Waals surface area contributed by atoms with Gasteiger partial charge in [-0.1, -0.05) is 44.1 Å². The number of carbonyl (C=O) groups excluding carboxylic acids is 1. The van der Waals surface area contributed by atoms with Crippen molar-refractivity contribution in [1.82, 2.24) is 4.98 Å². The molecule has 0 saturated carbocycles. The Morgan fingerprint density at radius 2 is 1.85 bits per heavy atom. The Balaban J connectivity index is 1.64. The minimum absolute atomic E-state index is 0.152. The molecule has 3 rings (SSSR count). The third kappa shape index (κ3) is 5.30. The third-order valence-electron chi connectivity index (χ3n) is 4.38. The fourth-order valence-electron chi connectivity index (χ4n) is 2.77. The fourth-order valence-corrected chi connectivity index (χ4v) is 3.69. The van der Waals surface area contributed by atoms with Gasteiger partial charge in [0.15, 0.2) is 5.13 Å². The van der Waals surface area contributed by atoms with Gasteiger partial charge >= 0.3 is 0 Å². The number of unbranched alkanes of at least 4 members (excludes halogenated alkanes) is 2. The van der Waals surface area contributed by atoms with Crippen LogP contribution >= 0.6 is 11.3 Å². The molecule has 0 bridgehead atoms. The number of ether oxygens (including phenoxy) is 1. The largest absolute Gasteiger partial charge is 0.494 e. The SMILES string of the molecule is CCCCOc1ccc(C(=O)Nc2nc3ccc(CCCC)cc3s2)cc1. The molecule has 1 heterocycles. The van der Waals surface area contributed by atoms with Gasteiger partial charge in [0, 0.05) is 5.56 Å². The average molecular weight is 383 g/mol. The normalized spacial score (nSPS) is 10.9. The summed E-state index contributed by atoms with van der Waals surface area (Å²) in [5, 5.41) is 3.54. The van der Waals surface area contributed by atoms with E-state index in [1.165, 1.54) is 29.7 Å². The number of aryl methyl sites for hydroxylation is 1. The van der Waals surface area contributed by atoms with Crippen molar-refractivity contribution in [3.05, 3.63) is 53.6 Å². The smallest absolute Gasteiger partial charge is 0.257 e. The number of benzene rings is 2. The van der Waals surface area contributed by atoms with Crippen LogP contribution in [0.4, 0.5) is 5.13 Å². The van der Waals surface area contributed by atoms with Crippen LogP contribution in [0.5, 0.6) is 5.75 Å². The van der Waals surface area contributed by atoms with Crippen molar-refractivity contribution in [2.45, 2.75) is 46.0 Å². The zero-order chi connectivity index (χ0) is 19.1. The first kappa shape index (κ1) is 19.4. The number of aromatic nitrogens is 1. The van der Waals surface area contributed by atoms with E-state index < -0.39 is 0 Å². The van der Waals surface area contributed by atoms with Crippen LogP contribution in [-0.2, 0) is 6.42 Å². The zero-order valence-corrected chi connectivity index (χ0v) is 16.8. The maximum Gasteiger partial charge on any atom is 0.257 e. The van der Waals surface area contributed by atoms with E-state index in [1.54, 1.807) is 12.1 Å². The Bertz CT molecular complexity index is 887. The minimum atomic E-state index is -0.152. The molecule has 0 radical (unpaired) electrons. The Kier molecular flexibility index (Phi) is 6.82. The van der Waals surface area contributed by atoms with Gasteiger partial charge in [0.25, 0.3) is 5.91 Å². The van der Waals surface area contributed by atoms with E-state index in [2.05, 4.69) is 36.3 Å². The maximum absolute atomic E-state index is 12.5. The number of rotatable bonds is 9. The van der Waals surface area contributed by atoms with Gasteiger partial charge in [-0.05, 0) is 61.2 Å². The molecule has 0 unspecified atom stereocenters. The quantitative estimate of drug-likeness (QED) is 0.457. The van der Waals surface area contributed by atoms with Crippen molar-refractivity contribution in [1.29, 1.82) is 0 Å². The van der Waals surface area contributed by atoms with Gasteiger partial charge in [-0.3, -0.25) is 10.1 Å². The van der Waals surface area contributed by atoms with Gasteiger partial charge in [0.1, 0.15) is 5.75 Å². The van der Waals surface area contributed by atoms with E-state index in [4.69, 9.17) is 4.74 Å². The molecule has 5 heteroatoms. The molecule has 0 fully saturated rings. The molecule has 4 nitrogen and oxygen atoms in total. The van der Waals surface area contributed by atoms with Crippen molar-refractivity contribution in [2.75, 3.05) is 11.9 Å². The highest BCUT2D eigenvalue weighted by molar-refractivity contribution is 7.22. The highest BCUT2D eigenvalue weighted by atomic mass is 32.1. The van der Waals surface area contributed by atoms with E-state index in [-0.39, 0.29) is 5.91 Å². The van der Waals surface area contributed by atoms with Crippen LogP contribution in [0.2, 0.25) is 0 Å². The summed E-state index contributed by atoms with van der Waals surface area (Å²) in [5.74, 6) is 0.639. The molecule has 1 aromatic heterocycles. The molecule has 0 aliphatic carbocycles. The van der Waals surface area contributed by atoms with Crippen molar-refractivity contribution < 1.29 is 9.53 Å². The predicted molar refractivity (Wildman–Crippen MR) is 113 cm³/mol. The van der Waals surface area contributed by atoms with Gasteiger partial charge in [0.2, 0.25) is 0 Å². The summed E-state index contributed by atoms with van der Waals surface area (Å²) < 4.78 is 6.75. The van der Waals surface area contributed by atoms with Gasteiger partial charge in [-0.15, -0.1) is 0 Å². The molecule has 0 atom stereocenters. The molecule has 3 aromatic rings. The molecule has 0 spiro atoms. The Morgan fingerprint density at radius 3 is 2.59 bits per heavy atom. The molecule has 1 amide bonds. The van der Waals surface area contributed by atoms with Gasteiger partial charge in [-0.2, -0.15) is 0 Å². The lowest BCUT2D eigenvalue weighted by molar-refractivity contribution is 0.102. The molecular formula is C22H26N2O2S. The number of nitrogens with one attached hydrogen (secondary N) is 1. The van der Waals surface area contributed by atoms with E-state index >= 15 is 0 Å². The summed E-state index contributed by atoms with van der Waals surface area (Å²) in [4.78, 5) is 17.0. The summed E-state index contributed by atoms with van der Waals surface area (Å²) in [5.41, 5.74) is 2.85. The molecule has 0 saturated heterocycles. The number of thiazole rings is 1. The molecule has 142 valence electrons. The number of hydrogen-bond donors (Lipinski definition) is 1. The predicted octanol–water partition coefficient (Wildman–Crippen LogP) is 6.07. The lowest BCUT2D eigenvalue weighted by Crippen LogP contribution is -2.11. The van der Waals surface area contributed by atoms with Crippen LogP contribution in [0.15, 0.2) is 42.5 Å². The number of amides is 1. The zero-order valence-electron chi connectivity index (χ0n) is 16.0. The fraction of sp³-hybridized carbons (Fsp3) is 0.364. The van der Waals surface area contributed by atoms with Crippen LogP contribution in [0.1, 0.15) is 55.5 Å². The van der Waals surface area contributed by atoms with E-state index in [9.17, 15) is 4.79 Å². The lowest BCUT2D eigenvalue weighted by atomic mass is 10.1. The monoisotopic (exact) mass is 382 g/mol. The number of hydrogen-bond acceptors (Lipinski definition) is 4. The van der Waals surface area contributed by atoms with Crippen molar-refractivity contribution in [3.8, 4) is 5.75 Å². The van der Waals surface area contributed by atoms with Gasteiger partial charge in [-0.25, -0.2) is 4.98 Å². The highest BCUT2D eigenvalue weighted by Gasteiger charge is 2.10. The second-order valence-corrected chi connectivity index (χ2v) is 7.64. The first-order valence-corrected chi connectivity index (χ1v) is 10.4. The second kappa shape index (κ2) is 9.51. The first-order chi connectivity index (χ1) is 13.2. The number of anilines is 1. The van der Waals surface area contributed by atoms with Crippen LogP contribution < -0.4 is 10.1 Å². The van der Waals surface area contributed by atoms with Gasteiger partial charge < -0.3 is 4.74 Å². The Labute approximate surface area is 164 Å². The van der Waals surface area contributed by atoms with E-state index in [1.807, 2.05) is 18.2 Å². The van der Waals surface area contributed by atoms with Crippen LogP contribution in [0, 0.1) is 0 Å². The van der Waals surface area contributed by atoms with E-state index in [0.29, 0.717) is 17.3 Å². The van der Waals surface area contributed by atoms with Crippen LogP contribution in [0.3, 0.4) is 0 Å². The summed E-state index contributed by atoms with van der Waals surface area (Å²) in [6, 6.07) is 13.6. The molecule has 1 N–H and O–H groups in total. The Hall–Kier alpha value is -2.40. The van der Waals surface area contributed by atoms with Crippen LogP contribution in [-0.4, -0.2) is 17.5 Å². The highest BCUT2D eigenvalue weighted by Crippen LogP contribution is 2.28. The van der Waals surface area contributed by atoms with Crippen LogP contribution in [0.25, 0.3) is 10.2 Å². The summed E-state index contributed by atoms with van der Waals surface area (Å²) in [6.45, 7) is 5.03. The molecular weight excluding hydrogens is 356 g/mol. The summed E-state index contributed by atoms with van der Waals surface area (Å²) >= 11 is 1.52. The topological polar surface area (TPSA) is 51.2 Å². The lowest BCUT2D eigenvalue weighted by Gasteiger charge is -2.06. The van der Waals surface area contributed by atoms with Crippen molar-refractivity contribution >= 4 is 32.6 Å². The van der Waals surface area contributed by atoms with Crippen molar-refractivity contribution in [3.63, 3.8) is 0 Å². The molecule has 27 heavy (non-hydrogen) atoms. The molecule has 2 aromatic carbocycles. The van der Waals surface area contributed by atoms with E-state index in [0.717, 1.165) is 35.2 Å². The number of carbonyl (C=O) groups is 1. The first-order valence-electron chi connectivity index (χ1n) is 9.63.